The van der Waals surface area contributed by atoms with Gasteiger partial charge in [-0.25, -0.2) is 0 Å². The van der Waals surface area contributed by atoms with Gasteiger partial charge in [-0.2, -0.15) is 5.26 Å². The minimum Gasteiger partial charge on any atom is -0.491 e. The Labute approximate surface area is 142 Å². The number of halogens is 2. The van der Waals surface area contributed by atoms with Crippen LogP contribution in [-0.2, 0) is 0 Å². The van der Waals surface area contributed by atoms with Crippen molar-refractivity contribution in [1.82, 2.24) is 9.80 Å². The standard InChI is InChI=1S/C16H21Cl2N3O/c1-4-22-16-13(17)7-12(8-14(16)18)15(9-19)21-6-5-20(3)11(2)10-21/h7-8,11,15H,4-6,10H2,1-3H3. The van der Waals surface area contributed by atoms with Gasteiger partial charge in [-0.3, -0.25) is 4.90 Å². The fourth-order valence-electron chi connectivity index (χ4n) is 2.70. The Morgan fingerprint density at radius 3 is 2.50 bits per heavy atom. The zero-order chi connectivity index (χ0) is 16.3. The van der Waals surface area contributed by atoms with E-state index in [9.17, 15) is 5.26 Å². The fraction of sp³-hybridized carbons (Fsp3) is 0.562. The SMILES string of the molecule is CCOc1c(Cl)cc(C(C#N)N2CCN(C)C(C)C2)cc1Cl. The van der Waals surface area contributed by atoms with Crippen LogP contribution in [0.5, 0.6) is 5.75 Å². The number of nitriles is 1. The summed E-state index contributed by atoms with van der Waals surface area (Å²) >= 11 is 12.5. The number of benzene rings is 1. The molecule has 0 bridgehead atoms. The Balaban J connectivity index is 2.27. The van der Waals surface area contributed by atoms with E-state index < -0.39 is 0 Å². The highest BCUT2D eigenvalue weighted by Crippen LogP contribution is 2.37. The van der Waals surface area contributed by atoms with Crippen LogP contribution in [0.1, 0.15) is 25.5 Å². The molecule has 1 fully saturated rings. The maximum atomic E-state index is 9.62. The lowest BCUT2D eigenvalue weighted by molar-refractivity contribution is 0.0881. The normalized spacial score (nSPS) is 21.4. The maximum Gasteiger partial charge on any atom is 0.156 e. The Hall–Kier alpha value is -0.990. The number of nitrogens with zero attached hydrogens (tertiary/aromatic N) is 3. The van der Waals surface area contributed by atoms with Gasteiger partial charge in [-0.15, -0.1) is 0 Å². The Morgan fingerprint density at radius 2 is 2.00 bits per heavy atom. The van der Waals surface area contributed by atoms with Crippen molar-refractivity contribution in [2.75, 3.05) is 33.3 Å². The van der Waals surface area contributed by atoms with Crippen molar-refractivity contribution in [2.24, 2.45) is 0 Å². The van der Waals surface area contributed by atoms with Crippen molar-refractivity contribution in [3.63, 3.8) is 0 Å². The average Bonchev–Trinajstić information content (AvgIpc) is 2.47. The lowest BCUT2D eigenvalue weighted by atomic mass is 10.0. The summed E-state index contributed by atoms with van der Waals surface area (Å²) in [5.41, 5.74) is 0.817. The number of rotatable bonds is 4. The molecule has 1 aliphatic rings. The number of piperazine rings is 1. The molecule has 1 aromatic carbocycles. The van der Waals surface area contributed by atoms with E-state index in [4.69, 9.17) is 27.9 Å². The first-order chi connectivity index (χ1) is 10.5. The largest absolute Gasteiger partial charge is 0.491 e. The van der Waals surface area contributed by atoms with Gasteiger partial charge in [-0.05, 0) is 38.6 Å². The molecule has 1 aliphatic heterocycles. The molecule has 2 rings (SSSR count). The van der Waals surface area contributed by atoms with Gasteiger partial charge in [0, 0.05) is 25.7 Å². The molecule has 120 valence electrons. The third-order valence-corrected chi connectivity index (χ3v) is 4.67. The molecule has 1 heterocycles. The summed E-state index contributed by atoms with van der Waals surface area (Å²) in [6, 6.07) is 6.02. The first-order valence-corrected chi connectivity index (χ1v) is 8.19. The topological polar surface area (TPSA) is 39.5 Å². The van der Waals surface area contributed by atoms with E-state index in [2.05, 4.69) is 29.8 Å². The highest BCUT2D eigenvalue weighted by molar-refractivity contribution is 6.37. The Bertz CT molecular complexity index is 550. The van der Waals surface area contributed by atoms with E-state index in [1.54, 1.807) is 12.1 Å². The second kappa shape index (κ2) is 7.52. The lowest BCUT2D eigenvalue weighted by Gasteiger charge is -2.39. The molecule has 2 atom stereocenters. The second-order valence-electron chi connectivity index (χ2n) is 5.60. The molecule has 0 saturated carbocycles. The van der Waals surface area contributed by atoms with Gasteiger partial charge >= 0.3 is 0 Å². The van der Waals surface area contributed by atoms with E-state index in [0.29, 0.717) is 28.4 Å². The quantitative estimate of drug-likeness (QED) is 0.838. The van der Waals surface area contributed by atoms with E-state index in [1.165, 1.54) is 0 Å². The number of hydrogen-bond donors (Lipinski definition) is 0. The molecule has 22 heavy (non-hydrogen) atoms. The predicted octanol–water partition coefficient (Wildman–Crippen LogP) is 3.59. The number of likely N-dealkylation sites (N-methyl/N-ethyl adjacent to an activating group) is 1. The fourth-order valence-corrected chi connectivity index (χ4v) is 3.31. The van der Waals surface area contributed by atoms with Gasteiger partial charge in [-0.1, -0.05) is 23.2 Å². The van der Waals surface area contributed by atoms with Crippen LogP contribution in [0.15, 0.2) is 12.1 Å². The highest BCUT2D eigenvalue weighted by Gasteiger charge is 2.28. The molecule has 4 nitrogen and oxygen atoms in total. The van der Waals surface area contributed by atoms with Crippen LogP contribution < -0.4 is 4.74 Å². The molecule has 0 radical (unpaired) electrons. The molecule has 1 saturated heterocycles. The Morgan fingerprint density at radius 1 is 1.36 bits per heavy atom. The van der Waals surface area contributed by atoms with Gasteiger partial charge in [0.2, 0.25) is 0 Å². The van der Waals surface area contributed by atoms with Gasteiger partial charge in [0.15, 0.2) is 5.75 Å². The molecule has 0 aromatic heterocycles. The van der Waals surface area contributed by atoms with Crippen LogP contribution in [0.4, 0.5) is 0 Å². The summed E-state index contributed by atoms with van der Waals surface area (Å²) < 4.78 is 5.45. The summed E-state index contributed by atoms with van der Waals surface area (Å²) in [6.07, 6.45) is 0. The van der Waals surface area contributed by atoms with Crippen molar-refractivity contribution < 1.29 is 4.74 Å². The molecule has 0 aliphatic carbocycles. The molecule has 1 aromatic rings. The smallest absolute Gasteiger partial charge is 0.156 e. The maximum absolute atomic E-state index is 9.62. The Kier molecular flexibility index (Phi) is 5.94. The highest BCUT2D eigenvalue weighted by atomic mass is 35.5. The molecular formula is C16H21Cl2N3O. The van der Waals surface area contributed by atoms with Gasteiger partial charge in [0.05, 0.1) is 22.7 Å². The van der Waals surface area contributed by atoms with Crippen molar-refractivity contribution >= 4 is 23.2 Å². The van der Waals surface area contributed by atoms with E-state index in [-0.39, 0.29) is 6.04 Å². The zero-order valence-corrected chi connectivity index (χ0v) is 14.7. The number of ether oxygens (including phenoxy) is 1. The van der Waals surface area contributed by atoms with Crippen molar-refractivity contribution in [3.8, 4) is 11.8 Å². The zero-order valence-electron chi connectivity index (χ0n) is 13.1. The monoisotopic (exact) mass is 341 g/mol. The van der Waals surface area contributed by atoms with E-state index in [1.807, 2.05) is 6.92 Å². The summed E-state index contributed by atoms with van der Waals surface area (Å²) in [7, 11) is 2.11. The minimum atomic E-state index is -0.346. The third kappa shape index (κ3) is 3.67. The van der Waals surface area contributed by atoms with Crippen LogP contribution in [0, 0.1) is 11.3 Å². The van der Waals surface area contributed by atoms with Crippen LogP contribution in [0.3, 0.4) is 0 Å². The number of hydrogen-bond acceptors (Lipinski definition) is 4. The molecule has 6 heteroatoms. The van der Waals surface area contributed by atoms with Gasteiger partial charge in [0.25, 0.3) is 0 Å². The molecule has 2 unspecified atom stereocenters. The second-order valence-corrected chi connectivity index (χ2v) is 6.42. The van der Waals surface area contributed by atoms with Crippen molar-refractivity contribution in [2.45, 2.75) is 25.9 Å². The molecule has 0 spiro atoms. The van der Waals surface area contributed by atoms with Crippen molar-refractivity contribution in [3.05, 3.63) is 27.7 Å². The van der Waals surface area contributed by atoms with E-state index in [0.717, 1.165) is 25.2 Å². The molecule has 0 amide bonds. The minimum absolute atomic E-state index is 0.346. The first kappa shape index (κ1) is 17.4. The van der Waals surface area contributed by atoms with Crippen LogP contribution in [-0.4, -0.2) is 49.1 Å². The van der Waals surface area contributed by atoms with Gasteiger partial charge in [0.1, 0.15) is 6.04 Å². The average molecular weight is 342 g/mol. The van der Waals surface area contributed by atoms with Crippen LogP contribution >= 0.6 is 23.2 Å². The lowest BCUT2D eigenvalue weighted by Crippen LogP contribution is -2.50. The third-order valence-electron chi connectivity index (χ3n) is 4.10. The van der Waals surface area contributed by atoms with Gasteiger partial charge < -0.3 is 9.64 Å². The summed E-state index contributed by atoms with van der Waals surface area (Å²) in [5, 5.41) is 10.5. The summed E-state index contributed by atoms with van der Waals surface area (Å²) in [5.74, 6) is 0.484. The van der Waals surface area contributed by atoms with Crippen molar-refractivity contribution in [1.29, 1.82) is 5.26 Å². The summed E-state index contributed by atoms with van der Waals surface area (Å²) in [4.78, 5) is 4.47. The summed E-state index contributed by atoms with van der Waals surface area (Å²) in [6.45, 7) is 7.18. The van der Waals surface area contributed by atoms with Crippen LogP contribution in [0.25, 0.3) is 0 Å². The molecule has 0 N–H and O–H groups in total. The first-order valence-electron chi connectivity index (χ1n) is 7.43. The van der Waals surface area contributed by atoms with Crippen LogP contribution in [0.2, 0.25) is 10.0 Å². The van der Waals surface area contributed by atoms with E-state index >= 15 is 0 Å². The molecular weight excluding hydrogens is 321 g/mol. The predicted molar refractivity (Wildman–Crippen MR) is 89.7 cm³/mol.